The van der Waals surface area contributed by atoms with E-state index in [1.807, 2.05) is 60.5 Å². The number of aryl methyl sites for hydroxylation is 2. The summed E-state index contributed by atoms with van der Waals surface area (Å²) in [5.41, 5.74) is 3.56. The van der Waals surface area contributed by atoms with Gasteiger partial charge in [-0.05, 0) is 87.0 Å². The topological polar surface area (TPSA) is 74.3 Å². The number of benzene rings is 3. The summed E-state index contributed by atoms with van der Waals surface area (Å²) < 4.78 is 39.3. The molecule has 236 valence electrons. The number of hydrogen-bond donors (Lipinski definition) is 2. The van der Waals surface area contributed by atoms with Crippen molar-refractivity contribution >= 4 is 23.2 Å². The van der Waals surface area contributed by atoms with Crippen LogP contribution in [0.25, 0.3) is 0 Å². The van der Waals surface area contributed by atoms with Crippen LogP contribution in [-0.4, -0.2) is 40.8 Å². The van der Waals surface area contributed by atoms with E-state index in [-0.39, 0.29) is 30.4 Å². The van der Waals surface area contributed by atoms with Gasteiger partial charge in [-0.1, -0.05) is 48.5 Å². The van der Waals surface area contributed by atoms with Crippen LogP contribution < -0.4 is 10.6 Å². The van der Waals surface area contributed by atoms with Crippen LogP contribution in [0, 0.1) is 13.8 Å². The molecule has 5 rings (SSSR count). The summed E-state index contributed by atoms with van der Waals surface area (Å²) >= 11 is 1.57. The normalized spacial score (nSPS) is 15.7. The van der Waals surface area contributed by atoms with E-state index in [9.17, 15) is 22.8 Å². The number of aromatic nitrogens is 1. The van der Waals surface area contributed by atoms with Gasteiger partial charge < -0.3 is 15.5 Å². The highest BCUT2D eigenvalue weighted by atomic mass is 32.1. The Morgan fingerprint density at radius 3 is 2.49 bits per heavy atom. The molecule has 2 atom stereocenters. The zero-order valence-electron chi connectivity index (χ0n) is 25.4. The molecule has 2 N–H and O–H groups in total. The number of nitrogens with zero attached hydrogens (tertiary/aromatic N) is 2. The molecule has 0 aliphatic carbocycles. The van der Waals surface area contributed by atoms with Gasteiger partial charge in [-0.15, -0.1) is 11.3 Å². The van der Waals surface area contributed by atoms with Crippen molar-refractivity contribution in [2.75, 3.05) is 13.1 Å². The van der Waals surface area contributed by atoms with Gasteiger partial charge in [0.05, 0.1) is 11.6 Å². The van der Waals surface area contributed by atoms with Crippen molar-refractivity contribution in [3.63, 3.8) is 0 Å². The molecule has 4 aromatic rings. The summed E-state index contributed by atoms with van der Waals surface area (Å²) in [4.78, 5) is 33.8. The summed E-state index contributed by atoms with van der Waals surface area (Å²) in [5.74, 6) is -0.386. The van der Waals surface area contributed by atoms with Gasteiger partial charge in [0.1, 0.15) is 5.01 Å². The lowest BCUT2D eigenvalue weighted by Crippen LogP contribution is -2.38. The Balaban J connectivity index is 1.26. The molecule has 1 aliphatic rings. The van der Waals surface area contributed by atoms with Crippen LogP contribution in [0.2, 0.25) is 0 Å². The zero-order valence-corrected chi connectivity index (χ0v) is 26.2. The Hall–Kier alpha value is -4.02. The largest absolute Gasteiger partial charge is 0.416 e. The first-order valence-electron chi connectivity index (χ1n) is 15.1. The van der Waals surface area contributed by atoms with Gasteiger partial charge in [-0.25, -0.2) is 4.98 Å². The number of alkyl halides is 3. The number of halogens is 3. The molecule has 3 aromatic carbocycles. The van der Waals surface area contributed by atoms with Crippen LogP contribution in [0.1, 0.15) is 79.0 Å². The molecule has 1 fully saturated rings. The Kier molecular flexibility index (Phi) is 10.4. The fourth-order valence-electron chi connectivity index (χ4n) is 5.75. The lowest BCUT2D eigenvalue weighted by Gasteiger charge is -2.24. The van der Waals surface area contributed by atoms with Gasteiger partial charge >= 0.3 is 6.18 Å². The molecule has 1 aromatic heterocycles. The van der Waals surface area contributed by atoms with Crippen molar-refractivity contribution in [1.82, 2.24) is 20.5 Å². The minimum absolute atomic E-state index is 0.0623. The Morgan fingerprint density at radius 2 is 1.76 bits per heavy atom. The highest BCUT2D eigenvalue weighted by Crippen LogP contribution is 2.35. The van der Waals surface area contributed by atoms with E-state index in [0.717, 1.165) is 46.8 Å². The van der Waals surface area contributed by atoms with Crippen molar-refractivity contribution in [2.45, 2.75) is 64.3 Å². The molecule has 2 heterocycles. The highest BCUT2D eigenvalue weighted by Gasteiger charge is 2.33. The van der Waals surface area contributed by atoms with Crippen LogP contribution >= 0.6 is 11.3 Å². The highest BCUT2D eigenvalue weighted by molar-refractivity contribution is 7.09. The first kappa shape index (κ1) is 32.4. The van der Waals surface area contributed by atoms with E-state index >= 15 is 0 Å². The second-order valence-corrected chi connectivity index (χ2v) is 12.5. The van der Waals surface area contributed by atoms with Crippen molar-refractivity contribution in [2.24, 2.45) is 0 Å². The van der Waals surface area contributed by atoms with Gasteiger partial charge in [0.25, 0.3) is 11.8 Å². The molecule has 0 bridgehead atoms. The molecular formula is C35H37F3N4O2S. The SMILES string of the molecule is Cc1cc(C(=O)N[C@H](CCNCc2cccc(C(F)(F)F)c2)Cc2ccccc2)cc(C(=O)N2CCC[C@@H]2c2nc(C)cs2)c1. The fraction of sp³-hybridized carbons (Fsp3) is 0.343. The van der Waals surface area contributed by atoms with Crippen molar-refractivity contribution < 1.29 is 22.8 Å². The molecular weight excluding hydrogens is 597 g/mol. The quantitative estimate of drug-likeness (QED) is 0.170. The number of rotatable bonds is 11. The zero-order chi connectivity index (χ0) is 32.0. The van der Waals surface area contributed by atoms with Crippen molar-refractivity contribution in [1.29, 1.82) is 0 Å². The molecule has 6 nitrogen and oxygen atoms in total. The van der Waals surface area contributed by atoms with Crippen molar-refractivity contribution in [3.05, 3.63) is 122 Å². The average molecular weight is 635 g/mol. The third-order valence-electron chi connectivity index (χ3n) is 7.94. The smallest absolute Gasteiger partial charge is 0.349 e. The minimum Gasteiger partial charge on any atom is -0.349 e. The molecule has 1 aliphatic heterocycles. The fourth-order valence-corrected chi connectivity index (χ4v) is 6.70. The Bertz CT molecular complexity index is 1620. The number of carbonyl (C=O) groups excluding carboxylic acids is 2. The lowest BCUT2D eigenvalue weighted by molar-refractivity contribution is -0.137. The number of hydrogen-bond acceptors (Lipinski definition) is 5. The van der Waals surface area contributed by atoms with Crippen molar-refractivity contribution in [3.8, 4) is 0 Å². The summed E-state index contributed by atoms with van der Waals surface area (Å²) in [7, 11) is 0. The molecule has 10 heteroatoms. The summed E-state index contributed by atoms with van der Waals surface area (Å²) in [6.45, 7) is 5.22. The first-order chi connectivity index (χ1) is 21.6. The molecule has 2 amide bonds. The summed E-state index contributed by atoms with van der Waals surface area (Å²) in [6.07, 6.45) is -1.49. The Labute approximate surface area is 265 Å². The predicted octanol–water partition coefficient (Wildman–Crippen LogP) is 7.28. The van der Waals surface area contributed by atoms with E-state index in [1.54, 1.807) is 29.5 Å². The van der Waals surface area contributed by atoms with Crippen LogP contribution in [0.15, 0.2) is 78.2 Å². The molecule has 0 spiro atoms. The maximum atomic E-state index is 13.7. The number of carbonyl (C=O) groups is 2. The third kappa shape index (κ3) is 8.58. The van der Waals surface area contributed by atoms with Crippen LogP contribution in [-0.2, 0) is 19.1 Å². The van der Waals surface area contributed by atoms with E-state index in [0.29, 0.717) is 42.6 Å². The van der Waals surface area contributed by atoms with Gasteiger partial charge in [-0.3, -0.25) is 9.59 Å². The standard InChI is InChI=1S/C35H37F3N4O2S/c1-23-16-27(20-28(17-23)34(44)42-15-7-12-31(42)33-40-24(2)22-45-33)32(43)41-30(19-25-8-4-3-5-9-25)13-14-39-21-26-10-6-11-29(18-26)35(36,37)38/h3-6,8-11,16-18,20,22,30-31,39H,7,12-15,19,21H2,1-2H3,(H,41,43)/t30-,31-/m1/s1. The number of amides is 2. The van der Waals surface area contributed by atoms with E-state index in [4.69, 9.17) is 0 Å². The molecule has 0 unspecified atom stereocenters. The molecule has 1 saturated heterocycles. The molecule has 0 saturated carbocycles. The number of thiazole rings is 1. The number of nitrogens with one attached hydrogen (secondary N) is 2. The van der Waals surface area contributed by atoms with E-state index in [1.165, 1.54) is 6.07 Å². The van der Waals surface area contributed by atoms with Crippen LogP contribution in [0.3, 0.4) is 0 Å². The van der Waals surface area contributed by atoms with Gasteiger partial charge in [0.15, 0.2) is 0 Å². The lowest BCUT2D eigenvalue weighted by atomic mass is 10.0. The van der Waals surface area contributed by atoms with Gasteiger partial charge in [0.2, 0.25) is 0 Å². The Morgan fingerprint density at radius 1 is 1.00 bits per heavy atom. The van der Waals surface area contributed by atoms with Crippen LogP contribution in [0.5, 0.6) is 0 Å². The van der Waals surface area contributed by atoms with E-state index in [2.05, 4.69) is 15.6 Å². The second kappa shape index (κ2) is 14.4. The minimum atomic E-state index is -4.39. The van der Waals surface area contributed by atoms with E-state index < -0.39 is 11.7 Å². The summed E-state index contributed by atoms with van der Waals surface area (Å²) in [6, 6.07) is 20.0. The first-order valence-corrected chi connectivity index (χ1v) is 16.0. The average Bonchev–Trinajstić information content (AvgIpc) is 3.68. The van der Waals surface area contributed by atoms with Gasteiger partial charge in [-0.2, -0.15) is 13.2 Å². The predicted molar refractivity (Wildman–Crippen MR) is 170 cm³/mol. The third-order valence-corrected chi connectivity index (χ3v) is 9.00. The number of likely N-dealkylation sites (tertiary alicyclic amines) is 1. The maximum Gasteiger partial charge on any atom is 0.416 e. The monoisotopic (exact) mass is 634 g/mol. The van der Waals surface area contributed by atoms with Crippen LogP contribution in [0.4, 0.5) is 13.2 Å². The summed E-state index contributed by atoms with van der Waals surface area (Å²) in [5, 5.41) is 9.31. The maximum absolute atomic E-state index is 13.7. The van der Waals surface area contributed by atoms with Gasteiger partial charge in [0, 0.05) is 41.3 Å². The molecule has 45 heavy (non-hydrogen) atoms. The molecule has 0 radical (unpaired) electrons. The second-order valence-electron chi connectivity index (χ2n) is 11.6.